The second-order valence-electron chi connectivity index (χ2n) is 4.35. The van der Waals surface area contributed by atoms with E-state index in [2.05, 4.69) is 0 Å². The van der Waals surface area contributed by atoms with Gasteiger partial charge in [-0.2, -0.15) is 0 Å². The number of nitrogen functional groups attached to an aromatic ring is 1. The van der Waals surface area contributed by atoms with Gasteiger partial charge in [0.15, 0.2) is 0 Å². The molecule has 0 spiro atoms. The molecule has 2 aromatic carbocycles. The first kappa shape index (κ1) is 14.3. The minimum atomic E-state index is -0.555. The summed E-state index contributed by atoms with van der Waals surface area (Å²) in [5, 5.41) is 0.344. The van der Waals surface area contributed by atoms with Gasteiger partial charge in [0.1, 0.15) is 12.4 Å². The first-order valence-corrected chi connectivity index (χ1v) is 6.33. The van der Waals surface area contributed by atoms with Crippen LogP contribution in [0.2, 0.25) is 5.02 Å². The third-order valence-corrected chi connectivity index (χ3v) is 3.24. The fourth-order valence-electron chi connectivity index (χ4n) is 1.84. The van der Waals surface area contributed by atoms with Crippen molar-refractivity contribution in [2.24, 2.45) is 0 Å². The topological polar surface area (TPSA) is 52.3 Å². The minimum Gasteiger partial charge on any atom is -0.457 e. The standard InChI is InChI=1S/C15H13ClFNO2/c1-9-3-2-4-13(18)14(9)15(19)20-8-10-7-11(17)5-6-12(10)16/h2-7H,8,18H2,1H3. The van der Waals surface area contributed by atoms with E-state index in [4.69, 9.17) is 22.1 Å². The molecule has 0 heterocycles. The van der Waals surface area contributed by atoms with Crippen molar-refractivity contribution < 1.29 is 13.9 Å². The summed E-state index contributed by atoms with van der Waals surface area (Å²) in [5.74, 6) is -0.989. The minimum absolute atomic E-state index is 0.108. The molecular weight excluding hydrogens is 281 g/mol. The summed E-state index contributed by atoms with van der Waals surface area (Å²) in [6.45, 7) is 1.66. The molecule has 0 radical (unpaired) electrons. The Hall–Kier alpha value is -2.07. The number of carbonyl (C=O) groups excluding carboxylic acids is 1. The van der Waals surface area contributed by atoms with Gasteiger partial charge in [0.25, 0.3) is 0 Å². The van der Waals surface area contributed by atoms with Crippen LogP contribution in [-0.4, -0.2) is 5.97 Å². The van der Waals surface area contributed by atoms with Crippen molar-refractivity contribution in [3.8, 4) is 0 Å². The van der Waals surface area contributed by atoms with Gasteiger partial charge in [-0.1, -0.05) is 23.7 Å². The molecule has 0 atom stereocenters. The first-order valence-electron chi connectivity index (χ1n) is 5.95. The monoisotopic (exact) mass is 293 g/mol. The lowest BCUT2D eigenvalue weighted by Crippen LogP contribution is -2.10. The SMILES string of the molecule is Cc1cccc(N)c1C(=O)OCc1cc(F)ccc1Cl. The number of rotatable bonds is 3. The van der Waals surface area contributed by atoms with Gasteiger partial charge in [0.2, 0.25) is 0 Å². The summed E-state index contributed by atoms with van der Waals surface area (Å²) in [7, 11) is 0. The fraction of sp³-hybridized carbons (Fsp3) is 0.133. The van der Waals surface area contributed by atoms with E-state index < -0.39 is 11.8 Å². The molecule has 0 saturated heterocycles. The number of hydrogen-bond donors (Lipinski definition) is 1. The van der Waals surface area contributed by atoms with E-state index in [9.17, 15) is 9.18 Å². The Morgan fingerprint density at radius 2 is 2.10 bits per heavy atom. The Balaban J connectivity index is 2.15. The van der Waals surface area contributed by atoms with Crippen LogP contribution in [0.15, 0.2) is 36.4 Å². The summed E-state index contributed by atoms with van der Waals surface area (Å²) >= 11 is 5.91. The maximum atomic E-state index is 13.1. The highest BCUT2D eigenvalue weighted by Crippen LogP contribution is 2.21. The van der Waals surface area contributed by atoms with Crippen LogP contribution in [0.1, 0.15) is 21.5 Å². The van der Waals surface area contributed by atoms with Gasteiger partial charge in [-0.05, 0) is 36.8 Å². The van der Waals surface area contributed by atoms with E-state index in [1.165, 1.54) is 18.2 Å². The van der Waals surface area contributed by atoms with Crippen molar-refractivity contribution in [1.82, 2.24) is 0 Å². The zero-order valence-electron chi connectivity index (χ0n) is 10.8. The Bertz CT molecular complexity index is 638. The smallest absolute Gasteiger partial charge is 0.340 e. The molecule has 0 amide bonds. The number of benzene rings is 2. The molecule has 2 aromatic rings. The summed E-state index contributed by atoms with van der Waals surface area (Å²) < 4.78 is 18.2. The van der Waals surface area contributed by atoms with E-state index in [0.29, 0.717) is 21.8 Å². The van der Waals surface area contributed by atoms with E-state index in [1.54, 1.807) is 25.1 Å². The van der Waals surface area contributed by atoms with Gasteiger partial charge in [0, 0.05) is 16.3 Å². The molecule has 2 rings (SSSR count). The van der Waals surface area contributed by atoms with Crippen LogP contribution in [-0.2, 0) is 11.3 Å². The molecule has 0 saturated carbocycles. The zero-order chi connectivity index (χ0) is 14.7. The Morgan fingerprint density at radius 1 is 1.35 bits per heavy atom. The lowest BCUT2D eigenvalue weighted by Gasteiger charge is -2.10. The molecule has 0 aliphatic rings. The van der Waals surface area contributed by atoms with Crippen molar-refractivity contribution in [3.05, 3.63) is 63.9 Å². The second-order valence-corrected chi connectivity index (χ2v) is 4.76. The molecule has 0 aromatic heterocycles. The Morgan fingerprint density at radius 3 is 2.80 bits per heavy atom. The van der Waals surface area contributed by atoms with Crippen molar-refractivity contribution >= 4 is 23.3 Å². The van der Waals surface area contributed by atoms with Gasteiger partial charge < -0.3 is 10.5 Å². The second kappa shape index (κ2) is 5.92. The molecule has 0 fully saturated rings. The number of nitrogens with two attached hydrogens (primary N) is 1. The first-order chi connectivity index (χ1) is 9.49. The summed E-state index contributed by atoms with van der Waals surface area (Å²) in [5.41, 5.74) is 7.56. The molecule has 20 heavy (non-hydrogen) atoms. The number of aryl methyl sites for hydroxylation is 1. The fourth-order valence-corrected chi connectivity index (χ4v) is 2.01. The largest absolute Gasteiger partial charge is 0.457 e. The summed E-state index contributed by atoms with van der Waals surface area (Å²) in [6, 6.07) is 9.04. The number of anilines is 1. The maximum absolute atomic E-state index is 13.1. The lowest BCUT2D eigenvalue weighted by molar-refractivity contribution is 0.0473. The molecule has 3 nitrogen and oxygen atoms in total. The number of hydrogen-bond acceptors (Lipinski definition) is 3. The van der Waals surface area contributed by atoms with Crippen LogP contribution in [0.5, 0.6) is 0 Å². The van der Waals surface area contributed by atoms with E-state index in [-0.39, 0.29) is 6.61 Å². The van der Waals surface area contributed by atoms with Crippen LogP contribution in [0.4, 0.5) is 10.1 Å². The number of ether oxygens (including phenoxy) is 1. The van der Waals surface area contributed by atoms with Crippen LogP contribution in [0, 0.1) is 12.7 Å². The van der Waals surface area contributed by atoms with E-state index >= 15 is 0 Å². The third-order valence-electron chi connectivity index (χ3n) is 2.88. The van der Waals surface area contributed by atoms with Gasteiger partial charge in [-0.15, -0.1) is 0 Å². The predicted molar refractivity (Wildman–Crippen MR) is 76.1 cm³/mol. The third kappa shape index (κ3) is 3.08. The quantitative estimate of drug-likeness (QED) is 0.693. The van der Waals surface area contributed by atoms with Crippen molar-refractivity contribution in [1.29, 1.82) is 0 Å². The molecular formula is C15H13ClFNO2. The van der Waals surface area contributed by atoms with Crippen LogP contribution in [0.25, 0.3) is 0 Å². The van der Waals surface area contributed by atoms with E-state index in [1.807, 2.05) is 0 Å². The van der Waals surface area contributed by atoms with E-state index in [0.717, 1.165) is 5.56 Å². The average Bonchev–Trinajstić information content (AvgIpc) is 2.39. The maximum Gasteiger partial charge on any atom is 0.340 e. The molecule has 5 heteroatoms. The number of halogens is 2. The normalized spacial score (nSPS) is 10.3. The van der Waals surface area contributed by atoms with Crippen LogP contribution < -0.4 is 5.73 Å². The highest BCUT2D eigenvalue weighted by Gasteiger charge is 2.15. The molecule has 2 N–H and O–H groups in total. The number of carbonyl (C=O) groups is 1. The average molecular weight is 294 g/mol. The molecule has 104 valence electrons. The Kier molecular flexibility index (Phi) is 4.25. The van der Waals surface area contributed by atoms with Gasteiger partial charge >= 0.3 is 5.97 Å². The molecule has 0 unspecified atom stereocenters. The summed E-state index contributed by atoms with van der Waals surface area (Å²) in [6.07, 6.45) is 0. The highest BCUT2D eigenvalue weighted by molar-refractivity contribution is 6.31. The number of esters is 1. The van der Waals surface area contributed by atoms with Crippen molar-refractivity contribution in [3.63, 3.8) is 0 Å². The highest BCUT2D eigenvalue weighted by atomic mass is 35.5. The predicted octanol–water partition coefficient (Wildman–Crippen LogP) is 3.73. The lowest BCUT2D eigenvalue weighted by atomic mass is 10.1. The van der Waals surface area contributed by atoms with Crippen LogP contribution in [0.3, 0.4) is 0 Å². The molecule has 0 aliphatic heterocycles. The van der Waals surface area contributed by atoms with Crippen LogP contribution >= 0.6 is 11.6 Å². The summed E-state index contributed by atoms with van der Waals surface area (Å²) in [4.78, 5) is 12.0. The van der Waals surface area contributed by atoms with Crippen molar-refractivity contribution in [2.75, 3.05) is 5.73 Å². The molecule has 0 bridgehead atoms. The zero-order valence-corrected chi connectivity index (χ0v) is 11.6. The Labute approximate surface area is 121 Å². The van der Waals surface area contributed by atoms with Crippen molar-refractivity contribution in [2.45, 2.75) is 13.5 Å². The van der Waals surface area contributed by atoms with Gasteiger partial charge in [-0.3, -0.25) is 0 Å². The van der Waals surface area contributed by atoms with Gasteiger partial charge in [0.05, 0.1) is 5.56 Å². The molecule has 0 aliphatic carbocycles. The van der Waals surface area contributed by atoms with Gasteiger partial charge in [-0.25, -0.2) is 9.18 Å².